The molecule has 0 saturated heterocycles. The van der Waals surface area contributed by atoms with Crippen molar-refractivity contribution in [2.24, 2.45) is 0 Å². The van der Waals surface area contributed by atoms with E-state index in [0.717, 1.165) is 0 Å². The van der Waals surface area contributed by atoms with Crippen LogP contribution in [0.5, 0.6) is 0 Å². The van der Waals surface area contributed by atoms with E-state index in [2.05, 4.69) is 80.8 Å². The van der Waals surface area contributed by atoms with Crippen LogP contribution in [0.1, 0.15) is 20.3 Å². The van der Waals surface area contributed by atoms with E-state index in [4.69, 9.17) is 0 Å². The first-order chi connectivity index (χ1) is 8.69. The van der Waals surface area contributed by atoms with Gasteiger partial charge in [-0.1, -0.05) is 50.2 Å². The molecule has 0 bridgehead atoms. The predicted octanol–water partition coefficient (Wildman–Crippen LogP) is 5.34. The standard InChI is InChI=1S/C17H22S/c1-4-15(2)18(3,16-11-7-5-8-12-16)17-13-9-6-10-14-17/h5-15H,4H2,1-3H3. The molecule has 1 unspecified atom stereocenters. The van der Waals surface area contributed by atoms with Crippen molar-refractivity contribution in [3.63, 3.8) is 0 Å². The number of rotatable bonds is 4. The summed E-state index contributed by atoms with van der Waals surface area (Å²) in [6, 6.07) is 22.0. The van der Waals surface area contributed by atoms with Crippen LogP contribution in [-0.4, -0.2) is 11.5 Å². The lowest BCUT2D eigenvalue weighted by molar-refractivity contribution is 0.887. The molecule has 0 radical (unpaired) electrons. The Labute approximate surface area is 112 Å². The Morgan fingerprint density at radius 3 is 1.56 bits per heavy atom. The summed E-state index contributed by atoms with van der Waals surface area (Å²) in [7, 11) is -0.925. The maximum absolute atomic E-state index is 2.45. The zero-order valence-corrected chi connectivity index (χ0v) is 12.3. The summed E-state index contributed by atoms with van der Waals surface area (Å²) in [6.07, 6.45) is 3.67. The van der Waals surface area contributed by atoms with Gasteiger partial charge in [0.05, 0.1) is 0 Å². The molecule has 0 aliphatic heterocycles. The first-order valence-electron chi connectivity index (χ1n) is 6.57. The van der Waals surface area contributed by atoms with E-state index in [-0.39, 0.29) is 0 Å². The van der Waals surface area contributed by atoms with Gasteiger partial charge in [-0.05, 0) is 52.0 Å². The van der Waals surface area contributed by atoms with Crippen LogP contribution in [0.25, 0.3) is 0 Å². The Balaban J connectivity index is 2.55. The van der Waals surface area contributed by atoms with Crippen LogP contribution in [0.4, 0.5) is 0 Å². The minimum absolute atomic E-state index is 0.697. The minimum Gasteiger partial charge on any atom is -0.188 e. The number of hydrogen-bond acceptors (Lipinski definition) is 0. The fourth-order valence-electron chi connectivity index (χ4n) is 2.34. The van der Waals surface area contributed by atoms with E-state index in [1.54, 1.807) is 0 Å². The van der Waals surface area contributed by atoms with Crippen molar-refractivity contribution in [1.29, 1.82) is 0 Å². The van der Waals surface area contributed by atoms with Crippen molar-refractivity contribution < 1.29 is 0 Å². The molecule has 0 saturated carbocycles. The molecule has 0 aliphatic carbocycles. The molecule has 2 aromatic carbocycles. The van der Waals surface area contributed by atoms with Crippen molar-refractivity contribution in [2.75, 3.05) is 6.26 Å². The van der Waals surface area contributed by atoms with Gasteiger partial charge in [0.2, 0.25) is 0 Å². The topological polar surface area (TPSA) is 0 Å². The van der Waals surface area contributed by atoms with Crippen LogP contribution in [0.3, 0.4) is 0 Å². The second kappa shape index (κ2) is 5.62. The molecule has 2 aromatic rings. The molecule has 0 heterocycles. The highest BCUT2D eigenvalue weighted by atomic mass is 32.3. The summed E-state index contributed by atoms with van der Waals surface area (Å²) in [6.45, 7) is 4.68. The summed E-state index contributed by atoms with van der Waals surface area (Å²) in [5.41, 5.74) is 0. The smallest absolute Gasteiger partial charge is 0.00593 e. The fourth-order valence-corrected chi connectivity index (χ4v) is 5.65. The highest BCUT2D eigenvalue weighted by molar-refractivity contribution is 8.33. The second-order valence-electron chi connectivity index (χ2n) is 4.83. The van der Waals surface area contributed by atoms with E-state index in [0.29, 0.717) is 5.25 Å². The Morgan fingerprint density at radius 1 is 0.833 bits per heavy atom. The van der Waals surface area contributed by atoms with Gasteiger partial charge in [0.15, 0.2) is 0 Å². The molecule has 0 nitrogen and oxygen atoms in total. The molecule has 1 heteroatoms. The van der Waals surface area contributed by atoms with Gasteiger partial charge in [0.1, 0.15) is 0 Å². The zero-order valence-electron chi connectivity index (χ0n) is 11.5. The predicted molar refractivity (Wildman–Crippen MR) is 82.7 cm³/mol. The van der Waals surface area contributed by atoms with Gasteiger partial charge in [-0.25, -0.2) is 0 Å². The summed E-state index contributed by atoms with van der Waals surface area (Å²) >= 11 is 0. The van der Waals surface area contributed by atoms with E-state index >= 15 is 0 Å². The van der Waals surface area contributed by atoms with Crippen LogP contribution in [-0.2, 0) is 0 Å². The molecule has 0 fully saturated rings. The molecule has 0 N–H and O–H groups in total. The summed E-state index contributed by atoms with van der Waals surface area (Å²) in [5, 5.41) is 0.697. The molecule has 2 rings (SSSR count). The molecule has 18 heavy (non-hydrogen) atoms. The Hall–Kier alpha value is -1.21. The van der Waals surface area contributed by atoms with E-state index in [1.807, 2.05) is 0 Å². The van der Waals surface area contributed by atoms with Crippen LogP contribution in [0, 0.1) is 0 Å². The van der Waals surface area contributed by atoms with Gasteiger partial charge in [-0.2, -0.15) is 10.0 Å². The lowest BCUT2D eigenvalue weighted by Crippen LogP contribution is -2.14. The largest absolute Gasteiger partial charge is 0.188 e. The van der Waals surface area contributed by atoms with Crippen molar-refractivity contribution in [3.05, 3.63) is 60.7 Å². The lowest BCUT2D eigenvalue weighted by Gasteiger charge is -2.42. The fraction of sp³-hybridized carbons (Fsp3) is 0.294. The summed E-state index contributed by atoms with van der Waals surface area (Å²) in [4.78, 5) is 2.98. The second-order valence-corrected chi connectivity index (χ2v) is 8.54. The van der Waals surface area contributed by atoms with Gasteiger partial charge in [-0.3, -0.25) is 0 Å². The monoisotopic (exact) mass is 258 g/mol. The molecule has 0 amide bonds. The van der Waals surface area contributed by atoms with Crippen molar-refractivity contribution in [2.45, 2.75) is 35.3 Å². The maximum atomic E-state index is 2.45. The van der Waals surface area contributed by atoms with Crippen molar-refractivity contribution in [1.82, 2.24) is 0 Å². The van der Waals surface area contributed by atoms with E-state index < -0.39 is 10.0 Å². The molecular formula is C17H22S. The quantitative estimate of drug-likeness (QED) is 0.694. The molecule has 0 aliphatic rings. The van der Waals surface area contributed by atoms with Gasteiger partial charge in [0, 0.05) is 0 Å². The summed E-state index contributed by atoms with van der Waals surface area (Å²) < 4.78 is 0. The van der Waals surface area contributed by atoms with Crippen LogP contribution in [0.2, 0.25) is 0 Å². The Morgan fingerprint density at radius 2 is 1.22 bits per heavy atom. The first-order valence-corrected chi connectivity index (χ1v) is 8.67. The van der Waals surface area contributed by atoms with Gasteiger partial charge in [-0.15, -0.1) is 0 Å². The molecular weight excluding hydrogens is 236 g/mol. The normalized spacial score (nSPS) is 14.2. The Kier molecular flexibility index (Phi) is 4.13. The van der Waals surface area contributed by atoms with E-state index in [1.165, 1.54) is 16.2 Å². The van der Waals surface area contributed by atoms with Crippen LogP contribution >= 0.6 is 10.0 Å². The Bertz CT molecular complexity index is 436. The van der Waals surface area contributed by atoms with Gasteiger partial charge in [0.25, 0.3) is 0 Å². The van der Waals surface area contributed by atoms with Crippen LogP contribution < -0.4 is 0 Å². The number of benzene rings is 2. The third-order valence-electron chi connectivity index (χ3n) is 3.85. The average Bonchev–Trinajstić information content (AvgIpc) is 2.47. The minimum atomic E-state index is -0.925. The maximum Gasteiger partial charge on any atom is -0.00593 e. The molecule has 1 atom stereocenters. The van der Waals surface area contributed by atoms with Crippen molar-refractivity contribution in [3.8, 4) is 0 Å². The molecule has 0 spiro atoms. The third kappa shape index (κ3) is 2.32. The third-order valence-corrected chi connectivity index (χ3v) is 8.29. The zero-order chi connectivity index (χ0) is 13.0. The highest BCUT2D eigenvalue weighted by Gasteiger charge is 2.28. The van der Waals surface area contributed by atoms with Crippen LogP contribution in [0.15, 0.2) is 70.5 Å². The van der Waals surface area contributed by atoms with Gasteiger partial charge < -0.3 is 0 Å². The average molecular weight is 258 g/mol. The summed E-state index contributed by atoms with van der Waals surface area (Å²) in [5.74, 6) is 0. The number of hydrogen-bond donors (Lipinski definition) is 0. The van der Waals surface area contributed by atoms with Gasteiger partial charge >= 0.3 is 0 Å². The molecule has 96 valence electrons. The van der Waals surface area contributed by atoms with Crippen molar-refractivity contribution >= 4 is 10.0 Å². The van der Waals surface area contributed by atoms with E-state index in [9.17, 15) is 0 Å². The highest BCUT2D eigenvalue weighted by Crippen LogP contribution is 2.63. The SMILES string of the molecule is CCC(C)S(C)(c1ccccc1)c1ccccc1. The molecule has 0 aromatic heterocycles. The first kappa shape index (κ1) is 13.2. The lowest BCUT2D eigenvalue weighted by atomic mass is 10.3.